The molecule has 1 saturated carbocycles. The summed E-state index contributed by atoms with van der Waals surface area (Å²) in [5.74, 6) is 2.34. The Morgan fingerprint density at radius 1 is 1.06 bits per heavy atom. The van der Waals surface area contributed by atoms with Crippen LogP contribution in [0.4, 0.5) is 4.39 Å². The minimum Gasteiger partial charge on any atom is -0.295 e. The third-order valence-electron chi connectivity index (χ3n) is 9.94. The van der Waals surface area contributed by atoms with Crippen LogP contribution >= 0.6 is 0 Å². The Morgan fingerprint density at radius 2 is 1.88 bits per heavy atom. The monoisotopic (exact) mass is 455 g/mol. The number of benzene rings is 2. The van der Waals surface area contributed by atoms with Crippen molar-refractivity contribution < 1.29 is 4.39 Å². The predicted molar refractivity (Wildman–Crippen MR) is 132 cm³/mol. The van der Waals surface area contributed by atoms with E-state index in [9.17, 15) is 4.39 Å². The number of hydrogen-bond donors (Lipinski definition) is 1. The lowest BCUT2D eigenvalue weighted by molar-refractivity contribution is 0.0783. The van der Waals surface area contributed by atoms with E-state index in [4.69, 9.17) is 0 Å². The number of nitrogens with zero attached hydrogens (tertiary/aromatic N) is 2. The van der Waals surface area contributed by atoms with E-state index in [1.807, 2.05) is 6.07 Å². The van der Waals surface area contributed by atoms with Crippen LogP contribution in [-0.2, 0) is 24.9 Å². The van der Waals surface area contributed by atoms with Crippen LogP contribution in [0.25, 0.3) is 0 Å². The van der Waals surface area contributed by atoms with Gasteiger partial charge in [0, 0.05) is 24.2 Å². The van der Waals surface area contributed by atoms with Crippen molar-refractivity contribution in [1.29, 1.82) is 0 Å². The fraction of sp³-hybridized carbons (Fsp3) is 0.500. The first-order valence-corrected chi connectivity index (χ1v) is 13.2. The first-order valence-electron chi connectivity index (χ1n) is 13.2. The number of aromatic amines is 1. The first kappa shape index (κ1) is 20.9. The zero-order chi connectivity index (χ0) is 22.9. The molecule has 0 amide bonds. The molecule has 3 aromatic rings. The zero-order valence-electron chi connectivity index (χ0n) is 20.1. The molecule has 1 fully saturated rings. The van der Waals surface area contributed by atoms with Crippen molar-refractivity contribution in [2.45, 2.75) is 75.8 Å². The molecule has 0 spiro atoms. The van der Waals surface area contributed by atoms with Crippen molar-refractivity contribution in [2.24, 2.45) is 11.8 Å². The average Bonchev–Trinajstić information content (AvgIpc) is 3.54. The third-order valence-corrected chi connectivity index (χ3v) is 9.94. The molecule has 1 aromatic heterocycles. The number of aromatic nitrogens is 2. The second kappa shape index (κ2) is 7.78. The van der Waals surface area contributed by atoms with Gasteiger partial charge in [0.1, 0.15) is 5.82 Å². The number of halogens is 1. The van der Waals surface area contributed by atoms with Gasteiger partial charge in [-0.1, -0.05) is 43.3 Å². The van der Waals surface area contributed by atoms with Crippen LogP contribution < -0.4 is 0 Å². The number of nitrogens with one attached hydrogen (secondary N) is 1. The average molecular weight is 456 g/mol. The minimum atomic E-state index is 0.00767. The summed E-state index contributed by atoms with van der Waals surface area (Å²) < 4.78 is 14.6. The second-order valence-electron chi connectivity index (χ2n) is 11.5. The van der Waals surface area contributed by atoms with Crippen molar-refractivity contribution in [2.75, 3.05) is 6.54 Å². The predicted octanol–water partition coefficient (Wildman–Crippen LogP) is 6.46. The highest BCUT2D eigenvalue weighted by Crippen LogP contribution is 2.64. The maximum Gasteiger partial charge on any atom is 0.126 e. The topological polar surface area (TPSA) is 31.9 Å². The highest BCUT2D eigenvalue weighted by molar-refractivity contribution is 5.43. The second-order valence-corrected chi connectivity index (χ2v) is 11.5. The van der Waals surface area contributed by atoms with Gasteiger partial charge >= 0.3 is 0 Å². The Kier molecular flexibility index (Phi) is 4.77. The van der Waals surface area contributed by atoms with Crippen LogP contribution in [0.15, 0.2) is 48.7 Å². The molecule has 0 bridgehead atoms. The molecule has 1 N–H and O–H groups in total. The van der Waals surface area contributed by atoms with Gasteiger partial charge in [0.2, 0.25) is 0 Å². The summed E-state index contributed by atoms with van der Waals surface area (Å²) in [5.41, 5.74) is 8.35. The SMILES string of the molecule is C[C@]12CCC3c4cccc(F)c4CCC3C1C(CCCN1Cc3ccccc3C1)c1cn[nH]c12. The van der Waals surface area contributed by atoms with Crippen LogP contribution in [0, 0.1) is 17.7 Å². The van der Waals surface area contributed by atoms with Crippen LogP contribution in [-0.4, -0.2) is 21.6 Å². The van der Waals surface area contributed by atoms with E-state index in [-0.39, 0.29) is 11.2 Å². The number of rotatable bonds is 4. The van der Waals surface area contributed by atoms with Gasteiger partial charge in [0.05, 0.1) is 6.20 Å². The van der Waals surface area contributed by atoms with E-state index in [1.165, 1.54) is 47.2 Å². The molecule has 3 nitrogen and oxygen atoms in total. The molecule has 0 saturated heterocycles. The molecule has 1 aliphatic heterocycles. The molecule has 7 rings (SSSR count). The van der Waals surface area contributed by atoms with E-state index < -0.39 is 0 Å². The highest BCUT2D eigenvalue weighted by atomic mass is 19.1. The number of fused-ring (bicyclic) bond motifs is 8. The number of H-pyrrole nitrogens is 1. The van der Waals surface area contributed by atoms with Gasteiger partial charge in [-0.25, -0.2) is 4.39 Å². The van der Waals surface area contributed by atoms with Crippen LogP contribution in [0.2, 0.25) is 0 Å². The van der Waals surface area contributed by atoms with Crippen LogP contribution in [0.3, 0.4) is 0 Å². The van der Waals surface area contributed by atoms with E-state index in [1.54, 1.807) is 6.07 Å². The molecular formula is C30H34FN3. The summed E-state index contributed by atoms with van der Waals surface area (Å²) in [7, 11) is 0. The van der Waals surface area contributed by atoms with Crippen LogP contribution in [0.1, 0.15) is 84.4 Å². The molecule has 4 heteroatoms. The van der Waals surface area contributed by atoms with E-state index in [0.29, 0.717) is 23.7 Å². The first-order chi connectivity index (χ1) is 16.6. The van der Waals surface area contributed by atoms with Crippen molar-refractivity contribution >= 4 is 0 Å². The molecule has 0 radical (unpaired) electrons. The van der Waals surface area contributed by atoms with Crippen LogP contribution in [0.5, 0.6) is 0 Å². The number of hydrogen-bond acceptors (Lipinski definition) is 2. The normalized spacial score (nSPS) is 31.5. The lowest BCUT2D eigenvalue weighted by Crippen LogP contribution is -2.44. The molecule has 4 aliphatic rings. The third kappa shape index (κ3) is 3.00. The molecular weight excluding hydrogens is 421 g/mol. The van der Waals surface area contributed by atoms with Crippen molar-refractivity contribution in [3.8, 4) is 0 Å². The summed E-state index contributed by atoms with van der Waals surface area (Å²) in [6, 6.07) is 14.7. The lowest BCUT2D eigenvalue weighted by atomic mass is 9.53. The van der Waals surface area contributed by atoms with Gasteiger partial charge in [-0.3, -0.25) is 10.00 Å². The summed E-state index contributed by atoms with van der Waals surface area (Å²) in [6.07, 6.45) is 8.90. The standard InChI is InChI=1S/C30H34FN3/c1-30-14-13-22-21-8-4-10-27(31)23(21)11-12-25(22)28(30)24(26-16-32-33-29(26)30)9-5-15-34-17-19-6-2-3-7-20(19)18-34/h2-4,6-8,10,16,22,24-25,28H,5,9,11-15,17-18H2,1H3,(H,32,33)/t22?,24?,25?,28?,30-/m0/s1. The fourth-order valence-corrected chi connectivity index (χ4v) is 8.52. The highest BCUT2D eigenvalue weighted by Gasteiger charge is 2.57. The van der Waals surface area contributed by atoms with Gasteiger partial charge < -0.3 is 0 Å². The Bertz CT molecular complexity index is 1210. The maximum atomic E-state index is 14.6. The molecule has 2 heterocycles. The molecule has 176 valence electrons. The largest absolute Gasteiger partial charge is 0.295 e. The molecule has 5 atom stereocenters. The van der Waals surface area contributed by atoms with Crippen molar-refractivity contribution in [3.05, 3.63) is 88.0 Å². The Labute approximate surface area is 201 Å². The minimum absolute atomic E-state index is 0.00767. The summed E-state index contributed by atoms with van der Waals surface area (Å²) in [4.78, 5) is 2.61. The quantitative estimate of drug-likeness (QED) is 0.490. The molecule has 4 unspecified atom stereocenters. The Morgan fingerprint density at radius 3 is 2.71 bits per heavy atom. The molecule has 3 aliphatic carbocycles. The van der Waals surface area contributed by atoms with E-state index >= 15 is 0 Å². The van der Waals surface area contributed by atoms with Gasteiger partial charge in [-0.15, -0.1) is 0 Å². The van der Waals surface area contributed by atoms with Gasteiger partial charge in [-0.05, 0) is 103 Å². The fourth-order valence-electron chi connectivity index (χ4n) is 8.52. The van der Waals surface area contributed by atoms with E-state index in [0.717, 1.165) is 44.5 Å². The zero-order valence-corrected chi connectivity index (χ0v) is 20.1. The Balaban J connectivity index is 1.14. The summed E-state index contributed by atoms with van der Waals surface area (Å²) in [6.45, 7) is 5.82. The smallest absolute Gasteiger partial charge is 0.126 e. The van der Waals surface area contributed by atoms with Gasteiger partial charge in [0.25, 0.3) is 0 Å². The maximum absolute atomic E-state index is 14.6. The molecule has 2 aromatic carbocycles. The van der Waals surface area contributed by atoms with Gasteiger partial charge in [-0.2, -0.15) is 5.10 Å². The summed E-state index contributed by atoms with van der Waals surface area (Å²) >= 11 is 0. The molecule has 34 heavy (non-hydrogen) atoms. The van der Waals surface area contributed by atoms with Crippen molar-refractivity contribution in [1.82, 2.24) is 15.1 Å². The van der Waals surface area contributed by atoms with E-state index in [2.05, 4.69) is 58.5 Å². The van der Waals surface area contributed by atoms with Crippen molar-refractivity contribution in [3.63, 3.8) is 0 Å². The van der Waals surface area contributed by atoms with Gasteiger partial charge in [0.15, 0.2) is 0 Å². The lowest BCUT2D eigenvalue weighted by Gasteiger charge is -2.51. The Hall–Kier alpha value is -2.46. The summed E-state index contributed by atoms with van der Waals surface area (Å²) in [5, 5.41) is 7.94.